The quantitative estimate of drug-likeness (QED) is 0.785. The van der Waals surface area contributed by atoms with Crippen molar-refractivity contribution >= 4 is 11.7 Å². The van der Waals surface area contributed by atoms with Crippen molar-refractivity contribution in [3.63, 3.8) is 0 Å². The van der Waals surface area contributed by atoms with Crippen molar-refractivity contribution in [1.29, 1.82) is 0 Å². The summed E-state index contributed by atoms with van der Waals surface area (Å²) < 4.78 is 38.8. The van der Waals surface area contributed by atoms with E-state index in [1.54, 1.807) is 6.92 Å². The van der Waals surface area contributed by atoms with Gasteiger partial charge in [-0.3, -0.25) is 9.79 Å². The number of hydrogen-bond acceptors (Lipinski definition) is 3. The average molecular weight is 292 g/mol. The summed E-state index contributed by atoms with van der Waals surface area (Å²) in [6.07, 6.45) is -2.62. The summed E-state index contributed by atoms with van der Waals surface area (Å²) in [5.74, 6) is -1.59. The molecule has 1 fully saturated rings. The molecule has 1 aliphatic carbocycles. The van der Waals surface area contributed by atoms with E-state index in [1.165, 1.54) is 6.92 Å². The van der Waals surface area contributed by atoms with Gasteiger partial charge in [0.25, 0.3) is 0 Å². The van der Waals surface area contributed by atoms with E-state index < -0.39 is 29.8 Å². The van der Waals surface area contributed by atoms with E-state index >= 15 is 0 Å². The number of carbonyl (C=O) groups is 1. The first-order chi connectivity index (χ1) is 9.16. The Balaban J connectivity index is 2.94. The monoisotopic (exact) mass is 292 g/mol. The number of aliphatic carboxylic acids is 1. The highest BCUT2D eigenvalue weighted by molar-refractivity contribution is 6.03. The van der Waals surface area contributed by atoms with E-state index in [1.807, 2.05) is 0 Å². The molecule has 3 atom stereocenters. The maximum absolute atomic E-state index is 12.9. The predicted octanol–water partition coefficient (Wildman–Crippen LogP) is 2.74. The molecule has 0 aromatic rings. The van der Waals surface area contributed by atoms with Gasteiger partial charge in [0.2, 0.25) is 0 Å². The van der Waals surface area contributed by atoms with Crippen LogP contribution < -0.4 is 5.73 Å². The zero-order valence-corrected chi connectivity index (χ0v) is 11.4. The van der Waals surface area contributed by atoms with Crippen LogP contribution in [0, 0.1) is 11.8 Å². The minimum absolute atomic E-state index is 0.120. The summed E-state index contributed by atoms with van der Waals surface area (Å²) in [5, 5.41) is 8.94. The van der Waals surface area contributed by atoms with Crippen molar-refractivity contribution in [3.8, 4) is 0 Å². The Bertz CT molecular complexity index is 430. The second kappa shape index (κ2) is 6.28. The summed E-state index contributed by atoms with van der Waals surface area (Å²) in [7, 11) is 0. The molecule has 1 saturated carbocycles. The highest BCUT2D eigenvalue weighted by atomic mass is 19.4. The van der Waals surface area contributed by atoms with Gasteiger partial charge in [-0.15, -0.1) is 0 Å². The number of hydrogen-bond donors (Lipinski definition) is 2. The van der Waals surface area contributed by atoms with Gasteiger partial charge in [-0.25, -0.2) is 0 Å². The first-order valence-electron chi connectivity index (χ1n) is 6.43. The summed E-state index contributed by atoms with van der Waals surface area (Å²) >= 11 is 0. The first kappa shape index (κ1) is 16.5. The molecule has 0 heterocycles. The predicted molar refractivity (Wildman–Crippen MR) is 69.4 cm³/mol. The highest BCUT2D eigenvalue weighted by Crippen LogP contribution is 2.33. The minimum Gasteiger partial charge on any atom is -0.481 e. The molecule has 3 N–H and O–H groups in total. The van der Waals surface area contributed by atoms with E-state index in [4.69, 9.17) is 10.8 Å². The molecule has 20 heavy (non-hydrogen) atoms. The fraction of sp³-hybridized carbons (Fsp3) is 0.692. The number of allylic oxidation sites excluding steroid dienone is 1. The zero-order valence-electron chi connectivity index (χ0n) is 11.4. The largest absolute Gasteiger partial charge is 0.481 e. The molecule has 0 bridgehead atoms. The second-order valence-corrected chi connectivity index (χ2v) is 5.22. The SMILES string of the molecule is CC(=CN)C(=NC1CCC(C(=O)O)CC1C)C(F)(F)F. The maximum atomic E-state index is 12.9. The highest BCUT2D eigenvalue weighted by Gasteiger charge is 2.39. The number of rotatable bonds is 3. The third-order valence-electron chi connectivity index (χ3n) is 3.66. The molecular weight excluding hydrogens is 273 g/mol. The minimum atomic E-state index is -4.55. The van der Waals surface area contributed by atoms with Crippen molar-refractivity contribution in [3.05, 3.63) is 11.8 Å². The van der Waals surface area contributed by atoms with E-state index in [0.717, 1.165) is 6.20 Å². The molecule has 7 heteroatoms. The second-order valence-electron chi connectivity index (χ2n) is 5.22. The number of alkyl halides is 3. The molecule has 1 rings (SSSR count). The van der Waals surface area contributed by atoms with Crippen LogP contribution in [0.5, 0.6) is 0 Å². The van der Waals surface area contributed by atoms with Crippen molar-refractivity contribution < 1.29 is 23.1 Å². The van der Waals surface area contributed by atoms with Gasteiger partial charge in [0, 0.05) is 0 Å². The first-order valence-corrected chi connectivity index (χ1v) is 6.43. The molecule has 0 amide bonds. The molecule has 0 aromatic heterocycles. The third-order valence-corrected chi connectivity index (χ3v) is 3.66. The Kier molecular flexibility index (Phi) is 5.19. The molecular formula is C13H19F3N2O2. The van der Waals surface area contributed by atoms with Crippen LogP contribution in [0.4, 0.5) is 13.2 Å². The molecule has 1 aliphatic rings. The lowest BCUT2D eigenvalue weighted by molar-refractivity contribution is -0.143. The summed E-state index contributed by atoms with van der Waals surface area (Å²) in [5.41, 5.74) is 4.06. The number of halogens is 3. The maximum Gasteiger partial charge on any atom is 0.433 e. The fourth-order valence-corrected chi connectivity index (χ4v) is 2.44. The van der Waals surface area contributed by atoms with Crippen LogP contribution in [0.15, 0.2) is 16.8 Å². The molecule has 3 unspecified atom stereocenters. The molecule has 0 spiro atoms. The number of nitrogens with two attached hydrogens (primary N) is 1. The molecule has 0 aromatic carbocycles. The lowest BCUT2D eigenvalue weighted by Crippen LogP contribution is -2.33. The van der Waals surface area contributed by atoms with E-state index in [9.17, 15) is 18.0 Å². The van der Waals surface area contributed by atoms with E-state index in [0.29, 0.717) is 19.3 Å². The normalized spacial score (nSPS) is 29.4. The van der Waals surface area contributed by atoms with Crippen molar-refractivity contribution in [2.45, 2.75) is 45.3 Å². The van der Waals surface area contributed by atoms with Crippen LogP contribution in [0.2, 0.25) is 0 Å². The summed E-state index contributed by atoms with van der Waals surface area (Å²) in [6, 6.07) is -0.517. The Morgan fingerprint density at radius 3 is 2.40 bits per heavy atom. The van der Waals surface area contributed by atoms with Crippen molar-refractivity contribution in [2.24, 2.45) is 22.6 Å². The van der Waals surface area contributed by atoms with Gasteiger partial charge in [-0.2, -0.15) is 13.2 Å². The lowest BCUT2D eigenvalue weighted by Gasteiger charge is -2.30. The zero-order chi connectivity index (χ0) is 15.5. The molecule has 0 radical (unpaired) electrons. The van der Waals surface area contributed by atoms with Gasteiger partial charge in [0.05, 0.1) is 12.0 Å². The number of carboxylic acid groups (broad SMARTS) is 1. The van der Waals surface area contributed by atoms with Crippen LogP contribution in [-0.2, 0) is 4.79 Å². The van der Waals surface area contributed by atoms with E-state index in [2.05, 4.69) is 4.99 Å². The molecule has 114 valence electrons. The van der Waals surface area contributed by atoms with Gasteiger partial charge < -0.3 is 10.8 Å². The fourth-order valence-electron chi connectivity index (χ4n) is 2.44. The smallest absolute Gasteiger partial charge is 0.433 e. The van der Waals surface area contributed by atoms with Gasteiger partial charge in [0.1, 0.15) is 5.71 Å². The average Bonchev–Trinajstić information content (AvgIpc) is 2.34. The number of nitrogens with zero attached hydrogens (tertiary/aromatic N) is 1. The Hall–Kier alpha value is -1.53. The van der Waals surface area contributed by atoms with E-state index in [-0.39, 0.29) is 11.5 Å². The topological polar surface area (TPSA) is 75.7 Å². The van der Waals surface area contributed by atoms with Gasteiger partial charge >= 0.3 is 12.1 Å². The molecule has 4 nitrogen and oxygen atoms in total. The Labute approximate surface area is 115 Å². The summed E-state index contributed by atoms with van der Waals surface area (Å²) in [4.78, 5) is 14.7. The summed E-state index contributed by atoms with van der Waals surface area (Å²) in [6.45, 7) is 3.00. The van der Waals surface area contributed by atoms with Crippen molar-refractivity contribution in [1.82, 2.24) is 0 Å². The molecule has 0 saturated heterocycles. The standard InChI is InChI=1S/C13H19F3N2O2/c1-7-5-9(12(19)20)3-4-10(7)18-11(8(2)6-17)13(14,15)16/h6-7,9-10H,3-5,17H2,1-2H3,(H,19,20). The number of carboxylic acids is 1. The van der Waals surface area contributed by atoms with Gasteiger partial charge in [-0.1, -0.05) is 6.92 Å². The van der Waals surface area contributed by atoms with Crippen LogP contribution in [0.1, 0.15) is 33.1 Å². The Morgan fingerprint density at radius 2 is 2.00 bits per heavy atom. The van der Waals surface area contributed by atoms with Crippen LogP contribution >= 0.6 is 0 Å². The van der Waals surface area contributed by atoms with Crippen LogP contribution in [0.3, 0.4) is 0 Å². The Morgan fingerprint density at radius 1 is 1.40 bits per heavy atom. The van der Waals surface area contributed by atoms with Gasteiger partial charge in [0.15, 0.2) is 0 Å². The van der Waals surface area contributed by atoms with Crippen LogP contribution in [0.25, 0.3) is 0 Å². The van der Waals surface area contributed by atoms with Gasteiger partial charge in [-0.05, 0) is 43.9 Å². The lowest BCUT2D eigenvalue weighted by atomic mass is 9.79. The van der Waals surface area contributed by atoms with Crippen molar-refractivity contribution in [2.75, 3.05) is 0 Å². The van der Waals surface area contributed by atoms with Crippen LogP contribution in [-0.4, -0.2) is 29.0 Å². The number of aliphatic imine (C=N–C) groups is 1. The molecule has 0 aliphatic heterocycles. The third kappa shape index (κ3) is 3.98.